The molecule has 2 aromatic carbocycles. The summed E-state index contributed by atoms with van der Waals surface area (Å²) in [6.07, 6.45) is 6.39. The first-order valence-electron chi connectivity index (χ1n) is 10.3. The van der Waals surface area contributed by atoms with Gasteiger partial charge in [-0.05, 0) is 81.2 Å². The van der Waals surface area contributed by atoms with Gasteiger partial charge in [0.2, 0.25) is 0 Å². The molecular weight excluding hydrogens is 370 g/mol. The zero-order valence-electron chi connectivity index (χ0n) is 16.3. The molecule has 5 rings (SSSR count). The van der Waals surface area contributed by atoms with Gasteiger partial charge in [0.25, 0.3) is 0 Å². The predicted octanol–water partition coefficient (Wildman–Crippen LogP) is 5.55. The molecule has 0 bridgehead atoms. The van der Waals surface area contributed by atoms with Gasteiger partial charge in [0, 0.05) is 16.6 Å². The highest BCUT2D eigenvalue weighted by Crippen LogP contribution is 2.39. The Morgan fingerprint density at radius 1 is 0.964 bits per heavy atom. The summed E-state index contributed by atoms with van der Waals surface area (Å²) < 4.78 is 7.84. The van der Waals surface area contributed by atoms with E-state index in [0.29, 0.717) is 12.1 Å². The molecule has 4 nitrogen and oxygen atoms in total. The van der Waals surface area contributed by atoms with Crippen LogP contribution in [-0.2, 0) is 0 Å². The molecule has 2 fully saturated rings. The number of fused-ring (bicyclic) bond motifs is 2. The van der Waals surface area contributed by atoms with Crippen LogP contribution >= 0.6 is 11.6 Å². The standard InChI is InChI=1S/C23H26ClN3O/c1-28-18-10-7-16(8-11-18)23-25-19-15-17(24)9-12-20(19)27(23)22-6-4-14-26-13-3-2-5-21(22)26/h7-12,15,21-22H,2-6,13-14H2,1H3/t21-,22+/m1/s1. The lowest BCUT2D eigenvalue weighted by Crippen LogP contribution is -2.48. The number of nitrogens with zero attached hydrogens (tertiary/aromatic N) is 3. The minimum absolute atomic E-state index is 0.456. The van der Waals surface area contributed by atoms with Gasteiger partial charge in [-0.15, -0.1) is 0 Å². The summed E-state index contributed by atoms with van der Waals surface area (Å²) in [6, 6.07) is 15.4. The SMILES string of the molecule is COc1ccc(-c2nc3cc(Cl)ccc3n2[C@H]2CCCN3CCCC[C@H]23)cc1. The van der Waals surface area contributed by atoms with E-state index in [9.17, 15) is 0 Å². The fourth-order valence-electron chi connectivity index (χ4n) is 5.08. The van der Waals surface area contributed by atoms with Gasteiger partial charge in [-0.3, -0.25) is 4.90 Å². The second-order valence-electron chi connectivity index (χ2n) is 7.98. The highest BCUT2D eigenvalue weighted by molar-refractivity contribution is 6.31. The average Bonchev–Trinajstić information content (AvgIpc) is 3.11. The number of methoxy groups -OCH3 is 1. The lowest BCUT2D eigenvalue weighted by Gasteiger charge is -2.45. The van der Waals surface area contributed by atoms with Crippen molar-refractivity contribution >= 4 is 22.6 Å². The van der Waals surface area contributed by atoms with Crippen LogP contribution in [-0.4, -0.2) is 40.7 Å². The highest BCUT2D eigenvalue weighted by Gasteiger charge is 2.36. The Bertz CT molecular complexity index is 979. The molecule has 2 aliphatic heterocycles. The van der Waals surface area contributed by atoms with Crippen molar-refractivity contribution in [1.29, 1.82) is 0 Å². The molecule has 0 radical (unpaired) electrons. The molecule has 0 N–H and O–H groups in total. The predicted molar refractivity (Wildman–Crippen MR) is 114 cm³/mol. The fourth-order valence-corrected chi connectivity index (χ4v) is 5.24. The van der Waals surface area contributed by atoms with Gasteiger partial charge in [0.1, 0.15) is 11.6 Å². The van der Waals surface area contributed by atoms with E-state index in [4.69, 9.17) is 21.3 Å². The Morgan fingerprint density at radius 3 is 2.57 bits per heavy atom. The van der Waals surface area contributed by atoms with Crippen LogP contribution in [0.4, 0.5) is 0 Å². The van der Waals surface area contributed by atoms with E-state index in [1.54, 1.807) is 7.11 Å². The van der Waals surface area contributed by atoms with Crippen LogP contribution in [0.3, 0.4) is 0 Å². The van der Waals surface area contributed by atoms with Crippen LogP contribution in [0.5, 0.6) is 5.75 Å². The van der Waals surface area contributed by atoms with Crippen LogP contribution in [0.25, 0.3) is 22.4 Å². The van der Waals surface area contributed by atoms with Crippen molar-refractivity contribution in [2.75, 3.05) is 20.2 Å². The van der Waals surface area contributed by atoms with Crippen LogP contribution < -0.4 is 4.74 Å². The lowest BCUT2D eigenvalue weighted by molar-refractivity contribution is 0.0666. The highest BCUT2D eigenvalue weighted by atomic mass is 35.5. The van der Waals surface area contributed by atoms with Gasteiger partial charge in [0.05, 0.1) is 24.2 Å². The van der Waals surface area contributed by atoms with Gasteiger partial charge in [0.15, 0.2) is 0 Å². The second-order valence-corrected chi connectivity index (χ2v) is 8.41. The topological polar surface area (TPSA) is 30.3 Å². The van der Waals surface area contributed by atoms with Gasteiger partial charge in [-0.2, -0.15) is 0 Å². The van der Waals surface area contributed by atoms with E-state index in [1.165, 1.54) is 50.7 Å². The summed E-state index contributed by atoms with van der Waals surface area (Å²) in [5.41, 5.74) is 3.29. The first-order chi connectivity index (χ1) is 13.7. The number of imidazole rings is 1. The largest absolute Gasteiger partial charge is 0.497 e. The quantitative estimate of drug-likeness (QED) is 0.582. The number of ether oxygens (including phenoxy) is 1. The molecule has 2 saturated heterocycles. The Hall–Kier alpha value is -2.04. The second kappa shape index (κ2) is 7.41. The summed E-state index contributed by atoms with van der Waals surface area (Å²) in [4.78, 5) is 7.74. The zero-order valence-corrected chi connectivity index (χ0v) is 17.0. The minimum atomic E-state index is 0.456. The number of hydrogen-bond acceptors (Lipinski definition) is 3. The van der Waals surface area contributed by atoms with Crippen molar-refractivity contribution in [3.05, 3.63) is 47.5 Å². The summed E-state index contributed by atoms with van der Waals surface area (Å²) in [5.74, 6) is 1.91. The van der Waals surface area contributed by atoms with Gasteiger partial charge >= 0.3 is 0 Å². The Balaban J connectivity index is 1.67. The van der Waals surface area contributed by atoms with Crippen molar-refractivity contribution in [2.24, 2.45) is 0 Å². The third-order valence-corrected chi connectivity index (χ3v) is 6.62. The monoisotopic (exact) mass is 395 g/mol. The summed E-state index contributed by atoms with van der Waals surface area (Å²) in [5, 5.41) is 0.737. The first kappa shape index (κ1) is 18.0. The van der Waals surface area contributed by atoms with Crippen LogP contribution in [0.15, 0.2) is 42.5 Å². The molecule has 0 aliphatic carbocycles. The number of hydrogen-bond donors (Lipinski definition) is 0. The van der Waals surface area contributed by atoms with Gasteiger partial charge in [-0.1, -0.05) is 18.0 Å². The fraction of sp³-hybridized carbons (Fsp3) is 0.435. The summed E-state index contributed by atoms with van der Waals surface area (Å²) >= 11 is 6.29. The number of rotatable bonds is 3. The molecule has 0 saturated carbocycles. The Labute approximate surface area is 171 Å². The van der Waals surface area contributed by atoms with Crippen LogP contribution in [0.2, 0.25) is 5.02 Å². The smallest absolute Gasteiger partial charge is 0.141 e. The Morgan fingerprint density at radius 2 is 1.75 bits per heavy atom. The van der Waals surface area contributed by atoms with Crippen molar-refractivity contribution in [3.8, 4) is 17.1 Å². The molecule has 28 heavy (non-hydrogen) atoms. The maximum atomic E-state index is 6.29. The number of halogens is 1. The van der Waals surface area contributed by atoms with E-state index in [-0.39, 0.29) is 0 Å². The lowest BCUT2D eigenvalue weighted by atomic mass is 9.88. The van der Waals surface area contributed by atoms with Crippen molar-refractivity contribution < 1.29 is 4.74 Å². The normalized spacial score (nSPS) is 22.9. The molecule has 3 heterocycles. The van der Waals surface area contributed by atoms with E-state index in [0.717, 1.165) is 27.7 Å². The molecule has 3 aromatic rings. The van der Waals surface area contributed by atoms with Crippen LogP contribution in [0.1, 0.15) is 38.1 Å². The van der Waals surface area contributed by atoms with E-state index < -0.39 is 0 Å². The maximum absolute atomic E-state index is 6.29. The molecule has 2 atom stereocenters. The molecule has 5 heteroatoms. The number of aromatic nitrogens is 2. The summed E-state index contributed by atoms with van der Waals surface area (Å²) in [7, 11) is 1.70. The zero-order chi connectivity index (χ0) is 19.1. The number of benzene rings is 2. The third-order valence-electron chi connectivity index (χ3n) is 6.39. The molecule has 1 aromatic heterocycles. The van der Waals surface area contributed by atoms with E-state index >= 15 is 0 Å². The minimum Gasteiger partial charge on any atom is -0.497 e. The number of piperidine rings is 2. The Kier molecular flexibility index (Phi) is 4.77. The maximum Gasteiger partial charge on any atom is 0.141 e. The third kappa shape index (κ3) is 3.09. The first-order valence-corrected chi connectivity index (χ1v) is 10.7. The van der Waals surface area contributed by atoms with Gasteiger partial charge in [-0.25, -0.2) is 4.98 Å². The molecule has 2 aliphatic rings. The molecule has 0 spiro atoms. The van der Waals surface area contributed by atoms with Crippen molar-refractivity contribution in [2.45, 2.75) is 44.2 Å². The van der Waals surface area contributed by atoms with E-state index in [1.807, 2.05) is 24.3 Å². The van der Waals surface area contributed by atoms with Gasteiger partial charge < -0.3 is 9.30 Å². The van der Waals surface area contributed by atoms with Crippen molar-refractivity contribution in [3.63, 3.8) is 0 Å². The average molecular weight is 396 g/mol. The summed E-state index contributed by atoms with van der Waals surface area (Å²) in [6.45, 7) is 2.47. The molecule has 0 amide bonds. The molecule has 0 unspecified atom stereocenters. The molecule has 146 valence electrons. The van der Waals surface area contributed by atoms with Crippen molar-refractivity contribution in [1.82, 2.24) is 14.5 Å². The van der Waals surface area contributed by atoms with Crippen LogP contribution in [0, 0.1) is 0 Å². The molecular formula is C23H26ClN3O. The van der Waals surface area contributed by atoms with E-state index in [2.05, 4.69) is 27.7 Å².